The predicted octanol–water partition coefficient (Wildman–Crippen LogP) is 0.361. The summed E-state index contributed by atoms with van der Waals surface area (Å²) in [6.07, 6.45) is 4.43. The summed E-state index contributed by atoms with van der Waals surface area (Å²) in [6.45, 7) is 4.11. The number of nitrogens with one attached hydrogen (secondary N) is 1. The highest BCUT2D eigenvalue weighted by Crippen LogP contribution is 2.18. The molecule has 1 aromatic rings. The summed E-state index contributed by atoms with van der Waals surface area (Å²) < 4.78 is 0. The molecule has 110 valence electrons. The van der Waals surface area contributed by atoms with E-state index in [1.807, 2.05) is 26.2 Å². The second-order valence-corrected chi connectivity index (χ2v) is 5.65. The Kier molecular flexibility index (Phi) is 5.09. The quantitative estimate of drug-likeness (QED) is 0.816. The van der Waals surface area contributed by atoms with Crippen LogP contribution in [0.5, 0.6) is 0 Å². The number of nitrogens with zero attached hydrogens (tertiary/aromatic N) is 2. The van der Waals surface area contributed by atoms with Gasteiger partial charge in [0.1, 0.15) is 0 Å². The first-order valence-corrected chi connectivity index (χ1v) is 7.09. The molecule has 5 nitrogen and oxygen atoms in total. The number of carbonyl (C=O) groups excluding carboxylic acids is 1. The maximum Gasteiger partial charge on any atom is 0.220 e. The number of β-amino-alcohol motifs (C(OH)–C–C–N with tert-alkyl or cyclic N) is 1. The van der Waals surface area contributed by atoms with Crippen molar-refractivity contribution in [3.63, 3.8) is 0 Å². The van der Waals surface area contributed by atoms with E-state index < -0.39 is 0 Å². The fourth-order valence-corrected chi connectivity index (χ4v) is 2.67. The van der Waals surface area contributed by atoms with Crippen molar-refractivity contribution in [3.8, 4) is 0 Å². The lowest BCUT2D eigenvalue weighted by Crippen LogP contribution is -2.31. The third kappa shape index (κ3) is 4.02. The van der Waals surface area contributed by atoms with E-state index in [1.165, 1.54) is 5.56 Å². The van der Waals surface area contributed by atoms with Crippen LogP contribution in [-0.2, 0) is 11.2 Å². The fourth-order valence-electron chi connectivity index (χ4n) is 2.67. The summed E-state index contributed by atoms with van der Waals surface area (Å²) in [4.78, 5) is 18.0. The molecule has 2 atom stereocenters. The van der Waals surface area contributed by atoms with Crippen molar-refractivity contribution in [1.82, 2.24) is 15.2 Å². The zero-order valence-electron chi connectivity index (χ0n) is 12.2. The number of hydrogen-bond donors (Lipinski definition) is 2. The van der Waals surface area contributed by atoms with E-state index in [9.17, 15) is 9.90 Å². The molecule has 0 bridgehead atoms. The van der Waals surface area contributed by atoms with Crippen molar-refractivity contribution in [2.45, 2.75) is 25.9 Å². The van der Waals surface area contributed by atoms with Crippen LogP contribution >= 0.6 is 0 Å². The molecule has 0 unspecified atom stereocenters. The zero-order chi connectivity index (χ0) is 14.5. The molecule has 0 spiro atoms. The van der Waals surface area contributed by atoms with E-state index in [0.29, 0.717) is 19.5 Å². The molecule has 1 saturated heterocycles. The minimum atomic E-state index is -0.383. The summed E-state index contributed by atoms with van der Waals surface area (Å²) >= 11 is 0. The minimum Gasteiger partial charge on any atom is -0.391 e. The Balaban J connectivity index is 1.72. The van der Waals surface area contributed by atoms with E-state index in [4.69, 9.17) is 0 Å². The Morgan fingerprint density at radius 1 is 1.55 bits per heavy atom. The molecular formula is C15H23N3O2. The fraction of sp³-hybridized carbons (Fsp3) is 0.600. The van der Waals surface area contributed by atoms with Crippen molar-refractivity contribution in [3.05, 3.63) is 29.6 Å². The smallest absolute Gasteiger partial charge is 0.220 e. The maximum absolute atomic E-state index is 11.9. The van der Waals surface area contributed by atoms with Gasteiger partial charge in [0.05, 0.1) is 6.10 Å². The van der Waals surface area contributed by atoms with Gasteiger partial charge in [-0.25, -0.2) is 0 Å². The van der Waals surface area contributed by atoms with Crippen LogP contribution in [0.25, 0.3) is 0 Å². The molecule has 0 aromatic carbocycles. The molecule has 0 saturated carbocycles. The van der Waals surface area contributed by atoms with Crippen LogP contribution in [0, 0.1) is 12.8 Å². The van der Waals surface area contributed by atoms with Crippen LogP contribution < -0.4 is 5.32 Å². The van der Waals surface area contributed by atoms with Gasteiger partial charge in [-0.15, -0.1) is 0 Å². The number of aryl methyl sites for hydroxylation is 1. The van der Waals surface area contributed by atoms with Crippen LogP contribution in [0.3, 0.4) is 0 Å². The molecular weight excluding hydrogens is 254 g/mol. The van der Waals surface area contributed by atoms with Gasteiger partial charge >= 0.3 is 0 Å². The van der Waals surface area contributed by atoms with Crippen LogP contribution in [0.15, 0.2) is 18.5 Å². The van der Waals surface area contributed by atoms with Crippen molar-refractivity contribution in [1.29, 1.82) is 0 Å². The summed E-state index contributed by atoms with van der Waals surface area (Å²) in [5.74, 6) is 0.0750. The Morgan fingerprint density at radius 2 is 2.35 bits per heavy atom. The number of pyridine rings is 1. The third-order valence-electron chi connectivity index (χ3n) is 3.90. The first-order chi connectivity index (χ1) is 9.56. The van der Waals surface area contributed by atoms with Crippen LogP contribution in [0.2, 0.25) is 0 Å². The molecule has 1 amide bonds. The normalized spacial score (nSPS) is 22.9. The molecule has 20 heavy (non-hydrogen) atoms. The molecule has 2 heterocycles. The van der Waals surface area contributed by atoms with E-state index >= 15 is 0 Å². The average Bonchev–Trinajstić information content (AvgIpc) is 2.70. The van der Waals surface area contributed by atoms with Gasteiger partial charge in [0, 0.05) is 44.4 Å². The van der Waals surface area contributed by atoms with Gasteiger partial charge in [-0.2, -0.15) is 0 Å². The summed E-state index contributed by atoms with van der Waals surface area (Å²) in [7, 11) is 1.96. The number of aliphatic hydroxyl groups is 1. The molecule has 1 aliphatic rings. The van der Waals surface area contributed by atoms with Gasteiger partial charge in [0.25, 0.3) is 0 Å². The number of likely N-dealkylation sites (tertiary alicyclic amines) is 1. The van der Waals surface area contributed by atoms with E-state index in [0.717, 1.165) is 18.5 Å². The second-order valence-electron chi connectivity index (χ2n) is 5.65. The highest BCUT2D eigenvalue weighted by atomic mass is 16.3. The molecule has 5 heteroatoms. The van der Waals surface area contributed by atoms with Gasteiger partial charge in [0.15, 0.2) is 0 Å². The largest absolute Gasteiger partial charge is 0.391 e. The minimum absolute atomic E-state index is 0.0193. The van der Waals surface area contributed by atoms with Gasteiger partial charge in [-0.05, 0) is 37.6 Å². The highest BCUT2D eigenvalue weighted by molar-refractivity contribution is 5.76. The molecule has 1 fully saturated rings. The molecule has 0 radical (unpaired) electrons. The van der Waals surface area contributed by atoms with Gasteiger partial charge in [0.2, 0.25) is 5.91 Å². The third-order valence-corrected chi connectivity index (χ3v) is 3.90. The summed E-state index contributed by atoms with van der Waals surface area (Å²) in [5.41, 5.74) is 2.36. The number of aromatic nitrogens is 1. The van der Waals surface area contributed by atoms with Crippen molar-refractivity contribution in [2.75, 3.05) is 26.7 Å². The van der Waals surface area contributed by atoms with Crippen molar-refractivity contribution < 1.29 is 9.90 Å². The number of amides is 1. The van der Waals surface area contributed by atoms with Crippen molar-refractivity contribution >= 4 is 5.91 Å². The predicted molar refractivity (Wildman–Crippen MR) is 77.3 cm³/mol. The average molecular weight is 277 g/mol. The number of likely N-dealkylation sites (N-methyl/N-ethyl adjacent to an activating group) is 1. The number of rotatable bonds is 5. The first-order valence-electron chi connectivity index (χ1n) is 7.09. The lowest BCUT2D eigenvalue weighted by molar-refractivity contribution is -0.122. The molecule has 1 aliphatic heterocycles. The Morgan fingerprint density at radius 3 is 3.00 bits per heavy atom. The Hall–Kier alpha value is -1.46. The first kappa shape index (κ1) is 14.9. The number of carbonyl (C=O) groups is 1. The van der Waals surface area contributed by atoms with Gasteiger partial charge < -0.3 is 15.3 Å². The van der Waals surface area contributed by atoms with Crippen molar-refractivity contribution in [2.24, 2.45) is 5.92 Å². The summed E-state index contributed by atoms with van der Waals surface area (Å²) in [6, 6.07) is 1.97. The van der Waals surface area contributed by atoms with Crippen LogP contribution in [0.4, 0.5) is 0 Å². The molecule has 2 rings (SSSR count). The van der Waals surface area contributed by atoms with E-state index in [2.05, 4.69) is 15.2 Å². The van der Waals surface area contributed by atoms with Crippen LogP contribution in [0.1, 0.15) is 17.5 Å². The number of aliphatic hydroxyl groups excluding tert-OH is 1. The zero-order valence-corrected chi connectivity index (χ0v) is 12.2. The van der Waals surface area contributed by atoms with Gasteiger partial charge in [-0.3, -0.25) is 9.78 Å². The second kappa shape index (κ2) is 6.81. The molecule has 0 aliphatic carbocycles. The van der Waals surface area contributed by atoms with E-state index in [-0.39, 0.29) is 17.9 Å². The monoisotopic (exact) mass is 277 g/mol. The molecule has 2 N–H and O–H groups in total. The maximum atomic E-state index is 11.9. The number of hydrogen-bond acceptors (Lipinski definition) is 4. The van der Waals surface area contributed by atoms with Gasteiger partial charge in [-0.1, -0.05) is 0 Å². The topological polar surface area (TPSA) is 65.5 Å². The summed E-state index contributed by atoms with van der Waals surface area (Å²) in [5, 5.41) is 12.7. The SMILES string of the molecule is Cc1ccncc1CCNC(=O)C[C@@H]1CN(C)C[C@H]1O. The van der Waals surface area contributed by atoms with E-state index in [1.54, 1.807) is 6.20 Å². The highest BCUT2D eigenvalue weighted by Gasteiger charge is 2.30. The Bertz CT molecular complexity index is 464. The molecule has 1 aromatic heterocycles. The lowest BCUT2D eigenvalue weighted by Gasteiger charge is -2.13. The van der Waals surface area contributed by atoms with Crippen LogP contribution in [-0.4, -0.2) is 53.7 Å². The standard InChI is InChI=1S/C15H23N3O2/c1-11-3-5-16-8-12(11)4-6-17-15(20)7-13-9-18(2)10-14(13)19/h3,5,8,13-14,19H,4,6-7,9-10H2,1-2H3,(H,17,20)/t13-,14-/m1/s1. The Labute approximate surface area is 120 Å². The lowest BCUT2D eigenvalue weighted by atomic mass is 10.0.